The van der Waals surface area contributed by atoms with E-state index < -0.39 is 179 Å². The molecule has 5 aliphatic heterocycles. The lowest BCUT2D eigenvalue weighted by molar-refractivity contribution is -0.396. The van der Waals surface area contributed by atoms with Gasteiger partial charge in [0.2, 0.25) is 5.91 Å². The van der Waals surface area contributed by atoms with Crippen molar-refractivity contribution >= 4 is 11.9 Å². The Bertz CT molecular complexity index is 1380. The number of ether oxygens (including phenoxy) is 10. The van der Waals surface area contributed by atoms with E-state index in [1.807, 2.05) is 0 Å². The quantitative estimate of drug-likeness (QED) is 0.0810. The summed E-state index contributed by atoms with van der Waals surface area (Å²) in [5, 5.41) is 130. The van der Waals surface area contributed by atoms with Crippen LogP contribution in [0.5, 0.6) is 0 Å². The molecule has 5 fully saturated rings. The molecule has 13 N–H and O–H groups in total. The van der Waals surface area contributed by atoms with Crippen LogP contribution in [0.25, 0.3) is 0 Å². The number of carbonyl (C=O) groups excluding carboxylic acids is 2. The maximum absolute atomic E-state index is 12.5. The number of carbonyl (C=O) groups is 2. The van der Waals surface area contributed by atoms with Crippen molar-refractivity contribution in [1.82, 2.24) is 5.32 Å². The molecule has 0 aromatic rings. The zero-order valence-electron chi connectivity index (χ0n) is 32.6. The van der Waals surface area contributed by atoms with Crippen molar-refractivity contribution in [1.29, 1.82) is 0 Å². The van der Waals surface area contributed by atoms with Crippen molar-refractivity contribution in [2.24, 2.45) is 0 Å². The van der Waals surface area contributed by atoms with Crippen LogP contribution in [-0.4, -0.2) is 240 Å². The van der Waals surface area contributed by atoms with E-state index in [9.17, 15) is 70.9 Å². The second-order valence-electron chi connectivity index (χ2n) is 15.2. The van der Waals surface area contributed by atoms with Crippen molar-refractivity contribution in [3.8, 4) is 0 Å². The molecule has 5 aliphatic rings. The summed E-state index contributed by atoms with van der Waals surface area (Å²) in [7, 11) is 0. The van der Waals surface area contributed by atoms with E-state index in [0.29, 0.717) is 0 Å². The molecule has 5 heterocycles. The second-order valence-corrected chi connectivity index (χ2v) is 15.2. The van der Waals surface area contributed by atoms with Gasteiger partial charge in [0, 0.05) is 13.8 Å². The number of amides is 1. The third kappa shape index (κ3) is 10.3. The van der Waals surface area contributed by atoms with Crippen molar-refractivity contribution in [2.45, 2.75) is 188 Å². The van der Waals surface area contributed by atoms with Crippen LogP contribution in [0.3, 0.4) is 0 Å². The van der Waals surface area contributed by atoms with Gasteiger partial charge >= 0.3 is 5.97 Å². The van der Waals surface area contributed by atoms with Gasteiger partial charge in [-0.1, -0.05) is 0 Å². The van der Waals surface area contributed by atoms with Crippen LogP contribution >= 0.6 is 0 Å². The summed E-state index contributed by atoms with van der Waals surface area (Å²) in [5.41, 5.74) is 0. The van der Waals surface area contributed by atoms with E-state index >= 15 is 0 Å². The molecule has 1 amide bonds. The van der Waals surface area contributed by atoms with E-state index in [1.165, 1.54) is 20.8 Å². The molecule has 0 spiro atoms. The molecule has 25 heteroatoms. The number of hydrogen-bond donors (Lipinski definition) is 13. The predicted molar refractivity (Wildman–Crippen MR) is 183 cm³/mol. The summed E-state index contributed by atoms with van der Waals surface area (Å²) in [6.45, 7) is 4.56. The van der Waals surface area contributed by atoms with Gasteiger partial charge < -0.3 is 114 Å². The highest BCUT2D eigenvalue weighted by Crippen LogP contribution is 2.36. The van der Waals surface area contributed by atoms with Crippen LogP contribution in [0, 0.1) is 0 Å². The molecule has 25 nitrogen and oxygen atoms in total. The number of aliphatic hydroxyl groups is 12. The first-order valence-electron chi connectivity index (χ1n) is 19.1. The average molecular weight is 864 g/mol. The monoisotopic (exact) mass is 863 g/mol. The molecule has 25 atom stereocenters. The van der Waals surface area contributed by atoms with Gasteiger partial charge in [-0.2, -0.15) is 0 Å². The zero-order chi connectivity index (χ0) is 43.8. The molecular formula is C34H57NO24. The Labute approximate surface area is 336 Å². The molecule has 5 rings (SSSR count). The van der Waals surface area contributed by atoms with E-state index in [4.69, 9.17) is 47.4 Å². The Hall–Kier alpha value is -1.90. The molecule has 342 valence electrons. The summed E-state index contributed by atoms with van der Waals surface area (Å²) in [6, 6.07) is -1.47. The molecule has 0 aromatic heterocycles. The van der Waals surface area contributed by atoms with E-state index in [0.717, 1.165) is 13.8 Å². The van der Waals surface area contributed by atoms with Crippen LogP contribution < -0.4 is 5.32 Å². The Morgan fingerprint density at radius 3 is 1.53 bits per heavy atom. The Balaban J connectivity index is 1.41. The third-order valence-corrected chi connectivity index (χ3v) is 10.9. The van der Waals surface area contributed by atoms with Gasteiger partial charge in [-0.05, 0) is 20.8 Å². The minimum absolute atomic E-state index is 0.676. The van der Waals surface area contributed by atoms with Gasteiger partial charge in [0.25, 0.3) is 0 Å². The smallest absolute Gasteiger partial charge is 0.303 e. The fourth-order valence-corrected chi connectivity index (χ4v) is 7.53. The summed E-state index contributed by atoms with van der Waals surface area (Å²) in [4.78, 5) is 24.5. The first kappa shape index (κ1) is 48.1. The van der Waals surface area contributed by atoms with Crippen molar-refractivity contribution in [3.63, 3.8) is 0 Å². The second kappa shape index (κ2) is 20.1. The fraction of sp³-hybridized carbons (Fsp3) is 0.941. The first-order chi connectivity index (χ1) is 27.7. The van der Waals surface area contributed by atoms with E-state index in [1.54, 1.807) is 0 Å². The SMILES string of the molecule is CC(=O)NC1C(O)OC(CO)C(O)C1OC1OC(C)C(O)C(OC2OC(C)C(O)C(O)C2OC2OC(C)C(O)C(OC3OC(CO)C(O)C(O)C3O)C2O)C1OC(C)=O. The number of nitrogens with one attached hydrogen (secondary N) is 1. The normalized spacial score (nSPS) is 50.8. The number of esters is 1. The topological polar surface area (TPSA) is 381 Å². The lowest BCUT2D eigenvalue weighted by Crippen LogP contribution is -2.69. The van der Waals surface area contributed by atoms with Crippen LogP contribution in [-0.2, 0) is 57.0 Å². The third-order valence-electron chi connectivity index (χ3n) is 10.9. The number of aliphatic hydroxyl groups excluding tert-OH is 12. The molecule has 0 saturated carbocycles. The van der Waals surface area contributed by atoms with Crippen molar-refractivity contribution in [2.75, 3.05) is 13.2 Å². The van der Waals surface area contributed by atoms with E-state index in [2.05, 4.69) is 5.32 Å². The van der Waals surface area contributed by atoms with Crippen LogP contribution in [0.1, 0.15) is 34.6 Å². The maximum atomic E-state index is 12.5. The summed E-state index contributed by atoms with van der Waals surface area (Å²) in [5.74, 6) is -1.63. The lowest BCUT2D eigenvalue weighted by Gasteiger charge is -2.50. The highest BCUT2D eigenvalue weighted by Gasteiger charge is 2.57. The summed E-state index contributed by atoms with van der Waals surface area (Å²) >= 11 is 0. The van der Waals surface area contributed by atoms with Crippen LogP contribution in [0.2, 0.25) is 0 Å². The number of hydrogen-bond acceptors (Lipinski definition) is 24. The molecule has 25 unspecified atom stereocenters. The first-order valence-corrected chi connectivity index (χ1v) is 19.1. The van der Waals surface area contributed by atoms with Gasteiger partial charge in [0.15, 0.2) is 37.6 Å². The zero-order valence-corrected chi connectivity index (χ0v) is 32.6. The Kier molecular flexibility index (Phi) is 16.4. The molecule has 5 saturated heterocycles. The van der Waals surface area contributed by atoms with Gasteiger partial charge in [-0.3, -0.25) is 9.59 Å². The largest absolute Gasteiger partial charge is 0.454 e. The minimum atomic E-state index is -2.00. The average Bonchev–Trinajstić information content (AvgIpc) is 3.18. The van der Waals surface area contributed by atoms with Crippen LogP contribution in [0.4, 0.5) is 0 Å². The molecule has 59 heavy (non-hydrogen) atoms. The molecule has 0 bridgehead atoms. The summed E-state index contributed by atoms with van der Waals surface area (Å²) in [6.07, 6.45) is -40.4. The van der Waals surface area contributed by atoms with Gasteiger partial charge in [-0.25, -0.2) is 0 Å². The van der Waals surface area contributed by atoms with E-state index in [-0.39, 0.29) is 0 Å². The fourth-order valence-electron chi connectivity index (χ4n) is 7.53. The predicted octanol–water partition coefficient (Wildman–Crippen LogP) is -8.13. The highest BCUT2D eigenvalue weighted by molar-refractivity contribution is 5.73. The lowest BCUT2D eigenvalue weighted by atomic mass is 9.95. The Morgan fingerprint density at radius 2 is 0.949 bits per heavy atom. The standard InChI is InChI=1S/C34H57NO24/c1-8-16(40)22(46)28(59-32-24(48)26(17(41)9(2)50-32)57-31-23(47)21(45)19(43)13(6-36)55-31)33(51-8)58-27-18(42)10(3)52-34(29(27)53-12(5)39)56-25-15(35-11(4)38)30(49)54-14(7-37)20(25)44/h8-10,13-34,36-37,40-49H,6-7H2,1-5H3,(H,35,38). The summed E-state index contributed by atoms with van der Waals surface area (Å²) < 4.78 is 57.3. The van der Waals surface area contributed by atoms with Gasteiger partial charge in [0.05, 0.1) is 31.5 Å². The van der Waals surface area contributed by atoms with Gasteiger partial charge in [-0.15, -0.1) is 0 Å². The Morgan fingerprint density at radius 1 is 0.475 bits per heavy atom. The highest BCUT2D eigenvalue weighted by atomic mass is 16.8. The molecule has 0 radical (unpaired) electrons. The molecule has 0 aromatic carbocycles. The van der Waals surface area contributed by atoms with Crippen molar-refractivity contribution < 1.29 is 118 Å². The maximum Gasteiger partial charge on any atom is 0.303 e. The van der Waals surface area contributed by atoms with Crippen molar-refractivity contribution in [3.05, 3.63) is 0 Å². The van der Waals surface area contributed by atoms with Crippen LogP contribution in [0.15, 0.2) is 0 Å². The number of rotatable bonds is 12. The molecular weight excluding hydrogens is 806 g/mol. The van der Waals surface area contributed by atoms with Gasteiger partial charge in [0.1, 0.15) is 97.6 Å². The minimum Gasteiger partial charge on any atom is -0.454 e. The molecule has 0 aliphatic carbocycles.